The van der Waals surface area contributed by atoms with Crippen molar-refractivity contribution in [1.29, 1.82) is 0 Å². The molecule has 1 aliphatic carbocycles. The smallest absolute Gasteiger partial charge is 0.303 e. The average molecular weight is 320 g/mol. The number of halogens is 1. The summed E-state index contributed by atoms with van der Waals surface area (Å²) < 4.78 is 34.4. The number of carbonyl (C=O) groups is 1. The molecular formula is C14H25FN2O3S. The van der Waals surface area contributed by atoms with Crippen LogP contribution in [0, 0.1) is 5.41 Å². The Balaban J connectivity index is 1.96. The van der Waals surface area contributed by atoms with Crippen molar-refractivity contribution in [1.82, 2.24) is 9.80 Å². The lowest BCUT2D eigenvalue weighted by Gasteiger charge is -2.31. The molecule has 0 aromatic rings. The first-order valence-electron chi connectivity index (χ1n) is 7.66. The summed E-state index contributed by atoms with van der Waals surface area (Å²) >= 11 is 0. The van der Waals surface area contributed by atoms with E-state index in [0.717, 1.165) is 25.8 Å². The highest BCUT2D eigenvalue weighted by atomic mass is 32.3. The molecule has 1 atom stereocenters. The van der Waals surface area contributed by atoms with Gasteiger partial charge in [0.1, 0.15) is 0 Å². The zero-order valence-electron chi connectivity index (χ0n) is 12.8. The Morgan fingerprint density at radius 2 is 2.10 bits per heavy atom. The van der Waals surface area contributed by atoms with Crippen molar-refractivity contribution in [2.75, 3.05) is 31.9 Å². The molecule has 1 amide bonds. The SMILES string of the molecule is CCC(=O)N1CCC(N(CCS(=O)(=O)F)CC2(C)CC2)C1. The summed E-state index contributed by atoms with van der Waals surface area (Å²) in [5.74, 6) is -0.324. The third kappa shape index (κ3) is 4.92. The molecule has 1 aliphatic heterocycles. The molecule has 0 radical (unpaired) electrons. The Morgan fingerprint density at radius 3 is 2.62 bits per heavy atom. The normalized spacial score (nSPS) is 24.6. The Morgan fingerprint density at radius 1 is 1.43 bits per heavy atom. The number of hydrogen-bond acceptors (Lipinski definition) is 4. The minimum absolute atomic E-state index is 0.133. The van der Waals surface area contributed by atoms with Crippen molar-refractivity contribution >= 4 is 16.1 Å². The Kier molecular flexibility index (Phi) is 4.92. The van der Waals surface area contributed by atoms with E-state index in [1.165, 1.54) is 0 Å². The van der Waals surface area contributed by atoms with Crippen LogP contribution in [0.5, 0.6) is 0 Å². The summed E-state index contributed by atoms with van der Waals surface area (Å²) in [5, 5.41) is 0. The lowest BCUT2D eigenvalue weighted by atomic mass is 10.1. The van der Waals surface area contributed by atoms with Gasteiger partial charge in [-0.25, -0.2) is 0 Å². The van der Waals surface area contributed by atoms with Crippen molar-refractivity contribution in [3.8, 4) is 0 Å². The average Bonchev–Trinajstić information content (AvgIpc) is 2.93. The Hall–Kier alpha value is -0.690. The molecule has 7 heteroatoms. The number of amides is 1. The monoisotopic (exact) mass is 320 g/mol. The maximum absolute atomic E-state index is 12.8. The zero-order valence-corrected chi connectivity index (χ0v) is 13.7. The molecule has 5 nitrogen and oxygen atoms in total. The van der Waals surface area contributed by atoms with Crippen LogP contribution in [-0.2, 0) is 15.0 Å². The lowest BCUT2D eigenvalue weighted by Crippen LogP contribution is -2.43. The number of hydrogen-bond donors (Lipinski definition) is 0. The van der Waals surface area contributed by atoms with Gasteiger partial charge in [-0.15, -0.1) is 3.89 Å². The quantitative estimate of drug-likeness (QED) is 0.665. The highest BCUT2D eigenvalue weighted by Gasteiger charge is 2.41. The fourth-order valence-corrected chi connectivity index (χ4v) is 3.42. The second kappa shape index (κ2) is 6.20. The van der Waals surface area contributed by atoms with Crippen LogP contribution in [0.2, 0.25) is 0 Å². The van der Waals surface area contributed by atoms with Crippen molar-refractivity contribution in [3.63, 3.8) is 0 Å². The van der Waals surface area contributed by atoms with Gasteiger partial charge < -0.3 is 4.90 Å². The van der Waals surface area contributed by atoms with Crippen LogP contribution in [-0.4, -0.2) is 62.1 Å². The van der Waals surface area contributed by atoms with Gasteiger partial charge in [-0.3, -0.25) is 9.69 Å². The Bertz CT molecular complexity index is 490. The fraction of sp³-hybridized carbons (Fsp3) is 0.929. The summed E-state index contributed by atoms with van der Waals surface area (Å²) in [4.78, 5) is 15.7. The molecule has 2 rings (SSSR count). The molecule has 122 valence electrons. The number of rotatable bonds is 7. The first-order valence-corrected chi connectivity index (χ1v) is 9.22. The maximum atomic E-state index is 12.8. The van der Waals surface area contributed by atoms with Crippen LogP contribution in [0.1, 0.15) is 39.5 Å². The lowest BCUT2D eigenvalue weighted by molar-refractivity contribution is -0.130. The highest BCUT2D eigenvalue weighted by Crippen LogP contribution is 2.46. The second-order valence-corrected chi connectivity index (χ2v) is 8.15. The first kappa shape index (κ1) is 16.7. The molecule has 2 aliphatic rings. The topological polar surface area (TPSA) is 57.7 Å². The van der Waals surface area contributed by atoms with E-state index in [0.29, 0.717) is 19.5 Å². The minimum atomic E-state index is -4.44. The number of likely N-dealkylation sites (tertiary alicyclic amines) is 1. The molecule has 21 heavy (non-hydrogen) atoms. The van der Waals surface area contributed by atoms with E-state index in [-0.39, 0.29) is 23.9 Å². The van der Waals surface area contributed by atoms with Crippen LogP contribution in [0.3, 0.4) is 0 Å². The van der Waals surface area contributed by atoms with Crippen molar-refractivity contribution in [3.05, 3.63) is 0 Å². The van der Waals surface area contributed by atoms with Crippen LogP contribution in [0.4, 0.5) is 3.89 Å². The van der Waals surface area contributed by atoms with Gasteiger partial charge in [-0.05, 0) is 24.7 Å². The van der Waals surface area contributed by atoms with Gasteiger partial charge in [0, 0.05) is 38.6 Å². The van der Waals surface area contributed by atoms with E-state index >= 15 is 0 Å². The molecule has 0 spiro atoms. The van der Waals surface area contributed by atoms with Gasteiger partial charge in [-0.2, -0.15) is 8.42 Å². The van der Waals surface area contributed by atoms with E-state index in [2.05, 4.69) is 11.8 Å². The summed E-state index contributed by atoms with van der Waals surface area (Å²) in [5.41, 5.74) is 0.238. The van der Waals surface area contributed by atoms with Gasteiger partial charge >= 0.3 is 10.2 Å². The predicted molar refractivity (Wildman–Crippen MR) is 79.1 cm³/mol. The van der Waals surface area contributed by atoms with Crippen LogP contribution in [0.15, 0.2) is 0 Å². The molecular weight excluding hydrogens is 295 g/mol. The molecule has 0 aromatic carbocycles. The van der Waals surface area contributed by atoms with E-state index in [1.54, 1.807) is 0 Å². The van der Waals surface area contributed by atoms with E-state index in [9.17, 15) is 17.1 Å². The summed E-state index contributed by atoms with van der Waals surface area (Å²) in [7, 11) is -4.44. The van der Waals surface area contributed by atoms with Gasteiger partial charge in [0.05, 0.1) is 5.75 Å². The van der Waals surface area contributed by atoms with Gasteiger partial charge in [0.15, 0.2) is 0 Å². The summed E-state index contributed by atoms with van der Waals surface area (Å²) in [6.07, 6.45) is 3.60. The molecule has 2 fully saturated rings. The van der Waals surface area contributed by atoms with Crippen LogP contribution in [0.25, 0.3) is 0 Å². The minimum Gasteiger partial charge on any atom is -0.341 e. The third-order valence-corrected chi connectivity index (χ3v) is 5.32. The van der Waals surface area contributed by atoms with Crippen molar-refractivity contribution < 1.29 is 17.1 Å². The van der Waals surface area contributed by atoms with Crippen molar-refractivity contribution in [2.24, 2.45) is 5.41 Å². The van der Waals surface area contributed by atoms with Crippen LogP contribution < -0.4 is 0 Å². The largest absolute Gasteiger partial charge is 0.341 e. The maximum Gasteiger partial charge on any atom is 0.303 e. The van der Waals surface area contributed by atoms with Gasteiger partial charge in [-0.1, -0.05) is 13.8 Å². The predicted octanol–water partition coefficient (Wildman–Crippen LogP) is 1.40. The zero-order chi connectivity index (χ0) is 15.7. The fourth-order valence-electron chi connectivity index (χ4n) is 2.97. The van der Waals surface area contributed by atoms with E-state index < -0.39 is 16.0 Å². The van der Waals surface area contributed by atoms with Crippen LogP contribution >= 0.6 is 0 Å². The third-order valence-electron chi connectivity index (χ3n) is 4.65. The number of nitrogens with zero attached hydrogens (tertiary/aromatic N) is 2. The molecule has 1 unspecified atom stereocenters. The summed E-state index contributed by atoms with van der Waals surface area (Å²) in [6, 6.07) is 0.152. The summed E-state index contributed by atoms with van der Waals surface area (Å²) in [6.45, 7) is 6.37. The molecule has 0 bridgehead atoms. The Labute approximate surface area is 126 Å². The number of carbonyl (C=O) groups excluding carboxylic acids is 1. The second-order valence-electron chi connectivity index (χ2n) is 6.66. The highest BCUT2D eigenvalue weighted by molar-refractivity contribution is 7.86. The molecule has 0 aromatic heterocycles. The van der Waals surface area contributed by atoms with Gasteiger partial charge in [0.25, 0.3) is 0 Å². The standard InChI is InChI=1S/C14H25FN2O3S/c1-3-13(18)16-7-4-12(10-16)17(8-9-21(15,19)20)11-14(2)5-6-14/h12H,3-11H2,1-2H3. The van der Waals surface area contributed by atoms with E-state index in [4.69, 9.17) is 0 Å². The molecule has 0 N–H and O–H groups in total. The van der Waals surface area contributed by atoms with Crippen molar-refractivity contribution in [2.45, 2.75) is 45.6 Å². The molecule has 1 saturated heterocycles. The molecule has 1 saturated carbocycles. The molecule has 1 heterocycles. The van der Waals surface area contributed by atoms with E-state index in [1.807, 2.05) is 11.8 Å². The first-order chi connectivity index (χ1) is 9.72. The van der Waals surface area contributed by atoms with Gasteiger partial charge in [0.2, 0.25) is 5.91 Å².